The Kier molecular flexibility index (Phi) is 5.59. The van der Waals surface area contributed by atoms with Crippen LogP contribution >= 0.6 is 15.9 Å². The van der Waals surface area contributed by atoms with Crippen molar-refractivity contribution in [1.29, 1.82) is 0 Å². The lowest BCUT2D eigenvalue weighted by atomic mass is 10.3. The summed E-state index contributed by atoms with van der Waals surface area (Å²) >= 11 is 3.42. The molecule has 0 fully saturated rings. The van der Waals surface area contributed by atoms with Crippen molar-refractivity contribution < 1.29 is 4.79 Å². The summed E-state index contributed by atoms with van der Waals surface area (Å²) in [5.41, 5.74) is 1.11. The maximum Gasteiger partial charge on any atom is 0.239 e. The molecule has 1 aromatic heterocycles. The van der Waals surface area contributed by atoms with Crippen LogP contribution < -0.4 is 10.2 Å². The van der Waals surface area contributed by atoms with Crippen LogP contribution in [0.3, 0.4) is 0 Å². The van der Waals surface area contributed by atoms with Crippen molar-refractivity contribution >= 4 is 27.7 Å². The van der Waals surface area contributed by atoms with Gasteiger partial charge < -0.3 is 10.2 Å². The third-order valence-corrected chi connectivity index (χ3v) is 3.35. The number of carbonyl (C=O) groups is 1. The molecule has 1 rings (SSSR count). The lowest BCUT2D eigenvalue weighted by Gasteiger charge is -2.22. The number of aryl methyl sites for hydroxylation is 1. The van der Waals surface area contributed by atoms with Crippen LogP contribution in [0, 0.1) is 6.92 Å². The van der Waals surface area contributed by atoms with Gasteiger partial charge in [-0.15, -0.1) is 0 Å². The van der Waals surface area contributed by atoms with Crippen LogP contribution in [-0.2, 0) is 4.79 Å². The number of aromatic nitrogens is 1. The second kappa shape index (κ2) is 6.73. The van der Waals surface area contributed by atoms with E-state index in [0.29, 0.717) is 6.54 Å². The molecule has 0 aliphatic carbocycles. The van der Waals surface area contributed by atoms with Crippen LogP contribution in [0.1, 0.15) is 26.3 Å². The number of nitrogens with zero attached hydrogens (tertiary/aromatic N) is 2. The maximum atomic E-state index is 11.8. The van der Waals surface area contributed by atoms with Crippen LogP contribution in [0.5, 0.6) is 0 Å². The van der Waals surface area contributed by atoms with Gasteiger partial charge in [-0.2, -0.15) is 0 Å². The fraction of sp³-hybridized carbons (Fsp3) is 0.538. The first-order valence-electron chi connectivity index (χ1n) is 6.10. The van der Waals surface area contributed by atoms with Crippen LogP contribution in [0.25, 0.3) is 0 Å². The highest BCUT2D eigenvalue weighted by atomic mass is 79.9. The molecular formula is C13H20BrN3O. The summed E-state index contributed by atoms with van der Waals surface area (Å²) in [6.45, 7) is 9.02. The SMILES string of the molecule is CCN(CC(=O)NC(C)C)c1cc(C)c(Br)cn1. The molecule has 5 heteroatoms. The van der Waals surface area contributed by atoms with E-state index in [4.69, 9.17) is 0 Å². The number of hydrogen-bond acceptors (Lipinski definition) is 3. The van der Waals surface area contributed by atoms with Gasteiger partial charge in [0.15, 0.2) is 0 Å². The molecule has 0 aliphatic rings. The van der Waals surface area contributed by atoms with E-state index in [1.807, 2.05) is 38.7 Å². The highest BCUT2D eigenvalue weighted by Crippen LogP contribution is 2.19. The third-order valence-electron chi connectivity index (χ3n) is 2.52. The molecule has 1 N–H and O–H groups in total. The van der Waals surface area contributed by atoms with Crippen LogP contribution in [0.15, 0.2) is 16.7 Å². The normalized spacial score (nSPS) is 10.6. The Morgan fingerprint density at radius 1 is 1.56 bits per heavy atom. The van der Waals surface area contributed by atoms with Crippen molar-refractivity contribution in [2.75, 3.05) is 18.0 Å². The van der Waals surface area contributed by atoms with E-state index in [9.17, 15) is 4.79 Å². The minimum atomic E-state index is 0.0224. The van der Waals surface area contributed by atoms with Crippen molar-refractivity contribution in [3.8, 4) is 0 Å². The lowest BCUT2D eigenvalue weighted by molar-refractivity contribution is -0.120. The van der Waals surface area contributed by atoms with Gasteiger partial charge in [-0.1, -0.05) is 0 Å². The first kappa shape index (κ1) is 15.0. The lowest BCUT2D eigenvalue weighted by Crippen LogP contribution is -2.40. The number of carbonyl (C=O) groups excluding carboxylic acids is 1. The predicted octanol–water partition coefficient (Wildman–Crippen LogP) is 2.50. The first-order chi connectivity index (χ1) is 8.43. The number of rotatable bonds is 5. The molecule has 100 valence electrons. The zero-order valence-corrected chi connectivity index (χ0v) is 12.9. The van der Waals surface area contributed by atoms with Crippen LogP contribution in [-0.4, -0.2) is 30.0 Å². The minimum Gasteiger partial charge on any atom is -0.352 e. The Balaban J connectivity index is 2.76. The minimum absolute atomic E-state index is 0.0224. The molecule has 0 aromatic carbocycles. The number of likely N-dealkylation sites (N-methyl/N-ethyl adjacent to an activating group) is 1. The van der Waals surface area contributed by atoms with Gasteiger partial charge in [-0.05, 0) is 55.3 Å². The van der Waals surface area contributed by atoms with Crippen molar-refractivity contribution in [1.82, 2.24) is 10.3 Å². The number of hydrogen-bond donors (Lipinski definition) is 1. The van der Waals surface area contributed by atoms with Gasteiger partial charge in [0.05, 0.1) is 6.54 Å². The number of halogens is 1. The second-order valence-electron chi connectivity index (χ2n) is 4.53. The molecule has 1 aromatic rings. The van der Waals surface area contributed by atoms with E-state index in [1.165, 1.54) is 0 Å². The van der Waals surface area contributed by atoms with Crippen molar-refractivity contribution in [3.05, 3.63) is 22.3 Å². The Hall–Kier alpha value is -1.10. The number of amides is 1. The van der Waals surface area contributed by atoms with Gasteiger partial charge in [0, 0.05) is 23.3 Å². The van der Waals surface area contributed by atoms with Gasteiger partial charge in [-0.3, -0.25) is 4.79 Å². The number of pyridine rings is 1. The first-order valence-corrected chi connectivity index (χ1v) is 6.89. The molecule has 0 atom stereocenters. The fourth-order valence-electron chi connectivity index (χ4n) is 1.59. The zero-order chi connectivity index (χ0) is 13.7. The van der Waals surface area contributed by atoms with E-state index in [-0.39, 0.29) is 11.9 Å². The molecule has 1 heterocycles. The smallest absolute Gasteiger partial charge is 0.239 e. The van der Waals surface area contributed by atoms with E-state index < -0.39 is 0 Å². The van der Waals surface area contributed by atoms with Gasteiger partial charge in [0.2, 0.25) is 5.91 Å². The van der Waals surface area contributed by atoms with Crippen molar-refractivity contribution in [3.63, 3.8) is 0 Å². The highest BCUT2D eigenvalue weighted by molar-refractivity contribution is 9.10. The summed E-state index contributed by atoms with van der Waals surface area (Å²) < 4.78 is 0.980. The molecule has 18 heavy (non-hydrogen) atoms. The summed E-state index contributed by atoms with van der Waals surface area (Å²) in [7, 11) is 0. The summed E-state index contributed by atoms with van der Waals surface area (Å²) in [5, 5.41) is 2.89. The third kappa shape index (κ3) is 4.29. The molecule has 0 unspecified atom stereocenters. The van der Waals surface area contributed by atoms with E-state index in [0.717, 1.165) is 22.4 Å². The Morgan fingerprint density at radius 3 is 2.72 bits per heavy atom. The number of nitrogens with one attached hydrogen (secondary N) is 1. The Labute approximate surface area is 117 Å². The fourth-order valence-corrected chi connectivity index (χ4v) is 1.81. The summed E-state index contributed by atoms with van der Waals surface area (Å²) in [6.07, 6.45) is 1.77. The molecule has 4 nitrogen and oxygen atoms in total. The van der Waals surface area contributed by atoms with E-state index in [1.54, 1.807) is 6.20 Å². The van der Waals surface area contributed by atoms with Crippen molar-refractivity contribution in [2.45, 2.75) is 33.7 Å². The average Bonchev–Trinajstić information content (AvgIpc) is 2.29. The zero-order valence-electron chi connectivity index (χ0n) is 11.3. The molecule has 0 saturated carbocycles. The Bertz CT molecular complexity index is 421. The maximum absolute atomic E-state index is 11.8. The summed E-state index contributed by atoms with van der Waals surface area (Å²) in [4.78, 5) is 18.1. The molecule has 0 spiro atoms. The topological polar surface area (TPSA) is 45.2 Å². The molecule has 0 radical (unpaired) electrons. The predicted molar refractivity (Wildman–Crippen MR) is 77.8 cm³/mol. The van der Waals surface area contributed by atoms with E-state index >= 15 is 0 Å². The van der Waals surface area contributed by atoms with Gasteiger partial charge in [0.25, 0.3) is 0 Å². The van der Waals surface area contributed by atoms with Crippen molar-refractivity contribution in [2.24, 2.45) is 0 Å². The quantitative estimate of drug-likeness (QED) is 0.908. The summed E-state index contributed by atoms with van der Waals surface area (Å²) in [5.74, 6) is 0.853. The van der Waals surface area contributed by atoms with Gasteiger partial charge >= 0.3 is 0 Å². The molecule has 1 amide bonds. The Morgan fingerprint density at radius 2 is 2.22 bits per heavy atom. The number of anilines is 1. The highest BCUT2D eigenvalue weighted by Gasteiger charge is 2.12. The molecule has 0 aliphatic heterocycles. The summed E-state index contributed by atoms with van der Waals surface area (Å²) in [6, 6.07) is 2.15. The largest absolute Gasteiger partial charge is 0.352 e. The van der Waals surface area contributed by atoms with Gasteiger partial charge in [-0.25, -0.2) is 4.98 Å². The average molecular weight is 314 g/mol. The second-order valence-corrected chi connectivity index (χ2v) is 5.38. The molecule has 0 saturated heterocycles. The molecule has 0 bridgehead atoms. The van der Waals surface area contributed by atoms with E-state index in [2.05, 4.69) is 26.2 Å². The van der Waals surface area contributed by atoms with Crippen LogP contribution in [0.4, 0.5) is 5.82 Å². The standard InChI is InChI=1S/C13H20BrN3O/c1-5-17(8-13(18)16-9(2)3)12-6-10(4)11(14)7-15-12/h6-7,9H,5,8H2,1-4H3,(H,16,18). The monoisotopic (exact) mass is 313 g/mol. The van der Waals surface area contributed by atoms with Gasteiger partial charge in [0.1, 0.15) is 5.82 Å². The van der Waals surface area contributed by atoms with Crippen LogP contribution in [0.2, 0.25) is 0 Å². The molecular weight excluding hydrogens is 294 g/mol.